The van der Waals surface area contributed by atoms with Crippen LogP contribution in [0, 0.1) is 5.92 Å². The van der Waals surface area contributed by atoms with Crippen molar-refractivity contribution in [3.63, 3.8) is 0 Å². The minimum Gasteiger partial charge on any atom is -0.371 e. The van der Waals surface area contributed by atoms with Crippen molar-refractivity contribution in [3.8, 4) is 0 Å². The molecule has 4 heteroatoms. The van der Waals surface area contributed by atoms with E-state index in [0.29, 0.717) is 0 Å². The Morgan fingerprint density at radius 2 is 2.15 bits per heavy atom. The van der Waals surface area contributed by atoms with Gasteiger partial charge in [-0.2, -0.15) is 0 Å². The lowest BCUT2D eigenvalue weighted by Crippen LogP contribution is -2.42. The zero-order valence-electron chi connectivity index (χ0n) is 12.4. The molecule has 1 saturated heterocycles. The van der Waals surface area contributed by atoms with Crippen molar-refractivity contribution in [1.82, 2.24) is 5.32 Å². The number of amides is 1. The van der Waals surface area contributed by atoms with Crippen LogP contribution in [0.4, 0.5) is 5.69 Å². The van der Waals surface area contributed by atoms with Gasteiger partial charge in [0.25, 0.3) is 0 Å². The van der Waals surface area contributed by atoms with Crippen LogP contribution in [-0.2, 0) is 4.79 Å². The van der Waals surface area contributed by atoms with Gasteiger partial charge in [0.1, 0.15) is 0 Å². The van der Waals surface area contributed by atoms with Gasteiger partial charge in [0.2, 0.25) is 5.91 Å². The molecule has 110 valence electrons. The first-order valence-electron chi connectivity index (χ1n) is 7.47. The predicted octanol–water partition coefficient (Wildman–Crippen LogP) is 2.06. The fraction of sp³-hybridized carbons (Fsp3) is 0.562. The Hall–Kier alpha value is -1.55. The lowest BCUT2D eigenvalue weighted by atomic mass is 9.96. The number of nitrogens with one attached hydrogen (secondary N) is 1. The minimum absolute atomic E-state index is 0.103. The second kappa shape index (κ2) is 6.75. The molecule has 20 heavy (non-hydrogen) atoms. The second-order valence-electron chi connectivity index (χ2n) is 5.51. The molecule has 1 aromatic rings. The fourth-order valence-corrected chi connectivity index (χ4v) is 2.80. The van der Waals surface area contributed by atoms with Gasteiger partial charge in [0, 0.05) is 31.9 Å². The van der Waals surface area contributed by atoms with Crippen molar-refractivity contribution in [2.45, 2.75) is 32.2 Å². The van der Waals surface area contributed by atoms with Crippen molar-refractivity contribution < 1.29 is 4.79 Å². The molecule has 0 aromatic heterocycles. The lowest BCUT2D eigenvalue weighted by molar-refractivity contribution is -0.124. The van der Waals surface area contributed by atoms with Crippen LogP contribution in [0.3, 0.4) is 0 Å². The molecule has 1 amide bonds. The van der Waals surface area contributed by atoms with Gasteiger partial charge in [0.05, 0.1) is 5.92 Å². The van der Waals surface area contributed by atoms with Crippen LogP contribution in [-0.4, -0.2) is 26.0 Å². The van der Waals surface area contributed by atoms with E-state index >= 15 is 0 Å². The maximum atomic E-state index is 11.8. The van der Waals surface area contributed by atoms with E-state index in [1.165, 1.54) is 11.3 Å². The van der Waals surface area contributed by atoms with Crippen molar-refractivity contribution in [1.29, 1.82) is 0 Å². The normalized spacial score (nSPS) is 20.6. The summed E-state index contributed by atoms with van der Waals surface area (Å²) in [7, 11) is 1.71. The highest BCUT2D eigenvalue weighted by Gasteiger charge is 2.25. The van der Waals surface area contributed by atoms with Gasteiger partial charge in [-0.1, -0.05) is 19.1 Å². The minimum atomic E-state index is 0.103. The quantitative estimate of drug-likeness (QED) is 0.884. The van der Waals surface area contributed by atoms with Crippen molar-refractivity contribution >= 4 is 11.6 Å². The first-order chi connectivity index (χ1) is 9.65. The Morgan fingerprint density at radius 1 is 1.45 bits per heavy atom. The van der Waals surface area contributed by atoms with E-state index in [0.717, 1.165) is 32.4 Å². The Kier molecular flexibility index (Phi) is 5.01. The summed E-state index contributed by atoms with van der Waals surface area (Å²) in [6, 6.07) is 8.57. The van der Waals surface area contributed by atoms with E-state index in [1.54, 1.807) is 7.05 Å². The Bertz CT molecular complexity index is 444. The molecule has 1 unspecified atom stereocenters. The third kappa shape index (κ3) is 3.31. The summed E-state index contributed by atoms with van der Waals surface area (Å²) in [6.07, 6.45) is 2.99. The number of piperidine rings is 1. The summed E-state index contributed by atoms with van der Waals surface area (Å²) in [5.41, 5.74) is 8.40. The predicted molar refractivity (Wildman–Crippen MR) is 82.7 cm³/mol. The zero-order valence-corrected chi connectivity index (χ0v) is 12.4. The molecule has 0 bridgehead atoms. The van der Waals surface area contributed by atoms with E-state index in [9.17, 15) is 4.79 Å². The van der Waals surface area contributed by atoms with Gasteiger partial charge in [0.15, 0.2) is 0 Å². The molecule has 1 fully saturated rings. The molecule has 2 atom stereocenters. The van der Waals surface area contributed by atoms with Crippen molar-refractivity contribution in [3.05, 3.63) is 29.8 Å². The van der Waals surface area contributed by atoms with Crippen LogP contribution >= 0.6 is 0 Å². The average Bonchev–Trinajstić information content (AvgIpc) is 2.53. The van der Waals surface area contributed by atoms with Crippen LogP contribution in [0.2, 0.25) is 0 Å². The highest BCUT2D eigenvalue weighted by atomic mass is 16.1. The molecule has 4 nitrogen and oxygen atoms in total. The largest absolute Gasteiger partial charge is 0.371 e. The van der Waals surface area contributed by atoms with Gasteiger partial charge >= 0.3 is 0 Å². The van der Waals surface area contributed by atoms with Crippen molar-refractivity contribution in [2.75, 3.05) is 25.0 Å². The van der Waals surface area contributed by atoms with E-state index in [4.69, 9.17) is 5.73 Å². The third-order valence-corrected chi connectivity index (χ3v) is 4.16. The van der Waals surface area contributed by atoms with Gasteiger partial charge in [-0.25, -0.2) is 0 Å². The Balaban J connectivity index is 2.05. The zero-order chi connectivity index (χ0) is 14.5. The van der Waals surface area contributed by atoms with Crippen molar-refractivity contribution in [2.24, 2.45) is 11.7 Å². The molecule has 0 spiro atoms. The van der Waals surface area contributed by atoms with E-state index in [2.05, 4.69) is 41.4 Å². The van der Waals surface area contributed by atoms with Crippen LogP contribution in [0.5, 0.6) is 0 Å². The van der Waals surface area contributed by atoms with Gasteiger partial charge in [-0.3, -0.25) is 4.79 Å². The van der Waals surface area contributed by atoms with Gasteiger partial charge < -0.3 is 16.0 Å². The van der Waals surface area contributed by atoms with Crippen LogP contribution in [0.15, 0.2) is 24.3 Å². The number of benzene rings is 1. The smallest absolute Gasteiger partial charge is 0.224 e. The molecular formula is C16H25N3O. The molecule has 1 heterocycles. The first kappa shape index (κ1) is 14.9. The number of hydrogen-bond acceptors (Lipinski definition) is 3. The fourth-order valence-electron chi connectivity index (χ4n) is 2.80. The van der Waals surface area contributed by atoms with E-state index in [-0.39, 0.29) is 17.9 Å². The second-order valence-corrected chi connectivity index (χ2v) is 5.51. The van der Waals surface area contributed by atoms with Gasteiger partial charge in [-0.05, 0) is 37.0 Å². The molecule has 0 aliphatic carbocycles. The van der Waals surface area contributed by atoms with E-state index < -0.39 is 0 Å². The number of hydrogen-bond donors (Lipinski definition) is 2. The molecule has 3 N–H and O–H groups in total. The third-order valence-electron chi connectivity index (χ3n) is 4.16. The maximum absolute atomic E-state index is 11.8. The Morgan fingerprint density at radius 3 is 2.75 bits per heavy atom. The molecular weight excluding hydrogens is 250 g/mol. The summed E-state index contributed by atoms with van der Waals surface area (Å²) in [6.45, 7) is 3.92. The lowest BCUT2D eigenvalue weighted by Gasteiger charge is -2.33. The maximum Gasteiger partial charge on any atom is 0.224 e. The summed E-state index contributed by atoms with van der Waals surface area (Å²) >= 11 is 0. The molecule has 1 aromatic carbocycles. The number of carbonyl (C=O) groups excluding carboxylic acids is 1. The summed E-state index contributed by atoms with van der Waals surface area (Å²) in [4.78, 5) is 14.1. The topological polar surface area (TPSA) is 58.4 Å². The standard InChI is InChI=1S/C16H25N3O/c1-3-15(17)12-6-8-14(9-7-12)19-10-4-5-13(11-19)16(20)18-2/h6-9,13,15H,3-5,10-11,17H2,1-2H3,(H,18,20)/t13?,15-/m1/s1. The molecule has 0 saturated carbocycles. The number of rotatable bonds is 4. The number of nitrogens with two attached hydrogens (primary N) is 1. The Labute approximate surface area is 121 Å². The number of anilines is 1. The molecule has 1 aliphatic rings. The number of nitrogens with zero attached hydrogens (tertiary/aromatic N) is 1. The average molecular weight is 275 g/mol. The van der Waals surface area contributed by atoms with Crippen LogP contribution < -0.4 is 16.0 Å². The highest BCUT2D eigenvalue weighted by Crippen LogP contribution is 2.25. The van der Waals surface area contributed by atoms with Crippen LogP contribution in [0.1, 0.15) is 37.8 Å². The monoisotopic (exact) mass is 275 g/mol. The molecule has 1 aliphatic heterocycles. The molecule has 2 rings (SSSR count). The number of carbonyl (C=O) groups is 1. The summed E-state index contributed by atoms with van der Waals surface area (Å²) in [5, 5.41) is 2.76. The summed E-state index contributed by atoms with van der Waals surface area (Å²) in [5.74, 6) is 0.255. The molecule has 0 radical (unpaired) electrons. The SMILES string of the molecule is CC[C@@H](N)c1ccc(N2CCCC(C(=O)NC)C2)cc1. The first-order valence-corrected chi connectivity index (χ1v) is 7.47. The van der Waals surface area contributed by atoms with E-state index in [1.807, 2.05) is 0 Å². The van der Waals surface area contributed by atoms with Crippen LogP contribution in [0.25, 0.3) is 0 Å². The highest BCUT2D eigenvalue weighted by molar-refractivity contribution is 5.79. The van der Waals surface area contributed by atoms with Gasteiger partial charge in [-0.15, -0.1) is 0 Å². The summed E-state index contributed by atoms with van der Waals surface area (Å²) < 4.78 is 0.